The van der Waals surface area contributed by atoms with Gasteiger partial charge in [-0.2, -0.15) is 13.2 Å². The molecule has 6 heteroatoms. The van der Waals surface area contributed by atoms with Crippen LogP contribution in [0.1, 0.15) is 10.6 Å². The van der Waals surface area contributed by atoms with Crippen molar-refractivity contribution in [3.05, 3.63) is 52.5 Å². The second-order valence-electron chi connectivity index (χ2n) is 3.41. The molecule has 0 spiro atoms. The molecule has 0 bridgehead atoms. The molecule has 0 amide bonds. The number of alkyl halides is 3. The van der Waals surface area contributed by atoms with Crippen LogP contribution in [0, 0.1) is 0 Å². The zero-order valence-electron chi connectivity index (χ0n) is 8.48. The van der Waals surface area contributed by atoms with Gasteiger partial charge < -0.3 is 5.11 Å². The minimum atomic E-state index is -4.81. The Balaban J connectivity index is 2.61. The number of halogens is 3. The highest BCUT2D eigenvalue weighted by Gasteiger charge is 2.58. The molecule has 0 aliphatic heterocycles. The molecule has 0 fully saturated rings. The molecule has 0 saturated heterocycles. The number of hydrogen-bond acceptors (Lipinski definition) is 3. The first-order valence-electron chi connectivity index (χ1n) is 4.71. The highest BCUT2D eigenvalue weighted by atomic mass is 32.1. The molecule has 1 atom stereocenters. The molecule has 90 valence electrons. The van der Waals surface area contributed by atoms with Crippen molar-refractivity contribution in [2.75, 3.05) is 0 Å². The van der Waals surface area contributed by atoms with Gasteiger partial charge in [-0.15, -0.1) is 11.3 Å². The van der Waals surface area contributed by atoms with E-state index in [9.17, 15) is 18.3 Å². The Kier molecular flexibility index (Phi) is 2.92. The SMILES string of the molecule is OC(c1ccccc1)(c1nccs1)C(F)(F)F. The first-order valence-corrected chi connectivity index (χ1v) is 5.59. The topological polar surface area (TPSA) is 33.1 Å². The van der Waals surface area contributed by atoms with Crippen molar-refractivity contribution in [1.82, 2.24) is 4.98 Å². The van der Waals surface area contributed by atoms with Gasteiger partial charge in [-0.25, -0.2) is 4.98 Å². The third-order valence-electron chi connectivity index (χ3n) is 2.34. The van der Waals surface area contributed by atoms with Gasteiger partial charge in [0.25, 0.3) is 0 Å². The average Bonchev–Trinajstić information content (AvgIpc) is 2.81. The van der Waals surface area contributed by atoms with Crippen molar-refractivity contribution >= 4 is 11.3 Å². The summed E-state index contributed by atoms with van der Waals surface area (Å²) in [6.07, 6.45) is -3.58. The maximum Gasteiger partial charge on any atom is 0.428 e. The van der Waals surface area contributed by atoms with Gasteiger partial charge in [0.05, 0.1) is 0 Å². The lowest BCUT2D eigenvalue weighted by Crippen LogP contribution is -2.43. The number of benzene rings is 1. The van der Waals surface area contributed by atoms with Gasteiger partial charge in [0.2, 0.25) is 5.60 Å². The third-order valence-corrected chi connectivity index (χ3v) is 3.23. The van der Waals surface area contributed by atoms with Gasteiger partial charge in [-0.3, -0.25) is 0 Å². The zero-order chi connectivity index (χ0) is 12.5. The standard InChI is InChI=1S/C11H8F3NOS/c12-11(13,14)10(16,9-15-6-7-17-9)8-4-2-1-3-5-8/h1-7,16H. The Bertz CT molecular complexity index is 483. The van der Waals surface area contributed by atoms with Crippen LogP contribution < -0.4 is 0 Å². The Hall–Kier alpha value is -1.40. The van der Waals surface area contributed by atoms with Gasteiger partial charge in [0.1, 0.15) is 5.01 Å². The van der Waals surface area contributed by atoms with Crippen molar-refractivity contribution in [2.45, 2.75) is 11.8 Å². The largest absolute Gasteiger partial charge is 0.428 e. The fourth-order valence-electron chi connectivity index (χ4n) is 1.49. The van der Waals surface area contributed by atoms with Crippen LogP contribution in [-0.4, -0.2) is 16.3 Å². The molecule has 0 saturated carbocycles. The molecule has 1 N–H and O–H groups in total. The van der Waals surface area contributed by atoms with Crippen molar-refractivity contribution < 1.29 is 18.3 Å². The summed E-state index contributed by atoms with van der Waals surface area (Å²) in [5.41, 5.74) is -3.27. The van der Waals surface area contributed by atoms with Crippen LogP contribution in [0.3, 0.4) is 0 Å². The third kappa shape index (κ3) is 1.94. The number of hydrogen-bond donors (Lipinski definition) is 1. The van der Waals surface area contributed by atoms with E-state index in [1.165, 1.54) is 35.8 Å². The Morgan fingerprint density at radius 3 is 2.24 bits per heavy atom. The molecule has 1 unspecified atom stereocenters. The first kappa shape index (κ1) is 12.1. The van der Waals surface area contributed by atoms with Crippen LogP contribution in [0.2, 0.25) is 0 Å². The molecule has 2 nitrogen and oxygen atoms in total. The van der Waals surface area contributed by atoms with Gasteiger partial charge >= 0.3 is 6.18 Å². The van der Waals surface area contributed by atoms with Gasteiger partial charge in [0.15, 0.2) is 0 Å². The summed E-state index contributed by atoms with van der Waals surface area (Å²) in [6.45, 7) is 0. The van der Waals surface area contributed by atoms with Crippen LogP contribution in [0.4, 0.5) is 13.2 Å². The summed E-state index contributed by atoms with van der Waals surface area (Å²) in [7, 11) is 0. The lowest BCUT2D eigenvalue weighted by atomic mass is 9.94. The minimum Gasteiger partial charge on any atom is -0.370 e. The molecule has 1 heterocycles. The summed E-state index contributed by atoms with van der Waals surface area (Å²) in [5, 5.41) is 11.0. The summed E-state index contributed by atoms with van der Waals surface area (Å²) in [5.74, 6) is 0. The van der Waals surface area contributed by atoms with E-state index in [0.717, 1.165) is 11.3 Å². The molecule has 0 aliphatic carbocycles. The van der Waals surface area contributed by atoms with Crippen LogP contribution in [0.15, 0.2) is 41.9 Å². The molecule has 2 aromatic rings. The van der Waals surface area contributed by atoms with E-state index in [1.54, 1.807) is 6.07 Å². The van der Waals surface area contributed by atoms with Crippen molar-refractivity contribution in [2.24, 2.45) is 0 Å². The summed E-state index contributed by atoms with van der Waals surface area (Å²) in [6, 6.07) is 6.94. The summed E-state index contributed by atoms with van der Waals surface area (Å²) >= 11 is 0.770. The Morgan fingerprint density at radius 1 is 1.12 bits per heavy atom. The highest BCUT2D eigenvalue weighted by Crippen LogP contribution is 2.44. The van der Waals surface area contributed by atoms with Gasteiger partial charge in [-0.1, -0.05) is 30.3 Å². The smallest absolute Gasteiger partial charge is 0.370 e. The predicted molar refractivity (Wildman–Crippen MR) is 57.6 cm³/mol. The minimum absolute atomic E-state index is 0.234. The van der Waals surface area contributed by atoms with Crippen LogP contribution in [0.5, 0.6) is 0 Å². The summed E-state index contributed by atoms with van der Waals surface area (Å²) in [4.78, 5) is 3.58. The van der Waals surface area contributed by atoms with Crippen LogP contribution >= 0.6 is 11.3 Å². The fraction of sp³-hybridized carbons (Fsp3) is 0.182. The van der Waals surface area contributed by atoms with Crippen molar-refractivity contribution in [1.29, 1.82) is 0 Å². The second kappa shape index (κ2) is 4.12. The van der Waals surface area contributed by atoms with E-state index in [1.807, 2.05) is 0 Å². The Labute approximate surface area is 99.4 Å². The molecule has 1 aromatic heterocycles. The van der Waals surface area contributed by atoms with E-state index in [4.69, 9.17) is 0 Å². The van der Waals surface area contributed by atoms with E-state index in [2.05, 4.69) is 4.98 Å². The number of nitrogens with zero attached hydrogens (tertiary/aromatic N) is 1. The number of thiazole rings is 1. The first-order chi connectivity index (χ1) is 7.96. The molecule has 1 aromatic carbocycles. The number of aliphatic hydroxyl groups is 1. The molecular weight excluding hydrogens is 251 g/mol. The lowest BCUT2D eigenvalue weighted by Gasteiger charge is -2.28. The molecule has 17 heavy (non-hydrogen) atoms. The predicted octanol–water partition coefficient (Wildman–Crippen LogP) is 2.94. The Morgan fingerprint density at radius 2 is 1.76 bits per heavy atom. The average molecular weight is 259 g/mol. The molecule has 2 rings (SSSR count). The van der Waals surface area contributed by atoms with Crippen molar-refractivity contribution in [3.8, 4) is 0 Å². The fourth-order valence-corrected chi connectivity index (χ4v) is 2.27. The van der Waals surface area contributed by atoms with Gasteiger partial charge in [0, 0.05) is 11.6 Å². The van der Waals surface area contributed by atoms with E-state index in [0.29, 0.717) is 0 Å². The van der Waals surface area contributed by atoms with E-state index in [-0.39, 0.29) is 10.6 Å². The second-order valence-corrected chi connectivity index (χ2v) is 4.31. The maximum atomic E-state index is 13.1. The molecular formula is C11H8F3NOS. The number of rotatable bonds is 2. The molecule has 0 radical (unpaired) electrons. The van der Waals surface area contributed by atoms with E-state index < -0.39 is 11.8 Å². The lowest BCUT2D eigenvalue weighted by molar-refractivity contribution is -0.248. The molecule has 0 aliphatic rings. The number of aromatic nitrogens is 1. The van der Waals surface area contributed by atoms with E-state index >= 15 is 0 Å². The van der Waals surface area contributed by atoms with Crippen LogP contribution in [0.25, 0.3) is 0 Å². The van der Waals surface area contributed by atoms with Crippen LogP contribution in [-0.2, 0) is 5.60 Å². The zero-order valence-corrected chi connectivity index (χ0v) is 9.29. The highest BCUT2D eigenvalue weighted by molar-refractivity contribution is 7.09. The van der Waals surface area contributed by atoms with Crippen molar-refractivity contribution in [3.63, 3.8) is 0 Å². The summed E-state index contributed by atoms with van der Waals surface area (Å²) < 4.78 is 39.2. The van der Waals surface area contributed by atoms with Gasteiger partial charge in [-0.05, 0) is 5.56 Å². The normalized spacial score (nSPS) is 15.5. The quantitative estimate of drug-likeness (QED) is 0.899. The monoisotopic (exact) mass is 259 g/mol. The maximum absolute atomic E-state index is 13.1.